The number of benzene rings is 1. The van der Waals surface area contributed by atoms with Crippen molar-refractivity contribution in [1.82, 2.24) is 4.98 Å². The molecule has 0 bridgehead atoms. The van der Waals surface area contributed by atoms with Gasteiger partial charge in [0.25, 0.3) is 0 Å². The summed E-state index contributed by atoms with van der Waals surface area (Å²) in [5.41, 5.74) is 6.81. The number of thiazole rings is 1. The van der Waals surface area contributed by atoms with Crippen LogP contribution >= 0.6 is 22.9 Å². The fourth-order valence-electron chi connectivity index (χ4n) is 1.68. The van der Waals surface area contributed by atoms with Gasteiger partial charge in [0.1, 0.15) is 5.75 Å². The number of rotatable bonds is 6. The lowest BCUT2D eigenvalue weighted by Gasteiger charge is -2.09. The van der Waals surface area contributed by atoms with Crippen molar-refractivity contribution >= 4 is 39.7 Å². The number of aromatic nitrogens is 1. The van der Waals surface area contributed by atoms with E-state index in [4.69, 9.17) is 22.1 Å². The summed E-state index contributed by atoms with van der Waals surface area (Å²) in [6.07, 6.45) is 1.09. The lowest BCUT2D eigenvalue weighted by atomic mass is 10.2. The van der Waals surface area contributed by atoms with Crippen molar-refractivity contribution in [3.8, 4) is 5.75 Å². The van der Waals surface area contributed by atoms with Gasteiger partial charge in [-0.1, -0.05) is 18.5 Å². The van der Waals surface area contributed by atoms with E-state index >= 15 is 0 Å². The highest BCUT2D eigenvalue weighted by Crippen LogP contribution is 2.27. The molecule has 1 amide bonds. The third kappa shape index (κ3) is 4.61. The van der Waals surface area contributed by atoms with Crippen molar-refractivity contribution < 1.29 is 9.53 Å². The third-order valence-electron chi connectivity index (χ3n) is 2.59. The van der Waals surface area contributed by atoms with Gasteiger partial charge in [0, 0.05) is 11.1 Å². The number of amides is 1. The van der Waals surface area contributed by atoms with Crippen LogP contribution in [-0.4, -0.2) is 17.5 Å². The van der Waals surface area contributed by atoms with Crippen LogP contribution < -0.4 is 15.8 Å². The van der Waals surface area contributed by atoms with Gasteiger partial charge in [0.15, 0.2) is 5.13 Å². The van der Waals surface area contributed by atoms with Crippen LogP contribution in [0.3, 0.4) is 0 Å². The van der Waals surface area contributed by atoms with E-state index in [1.807, 2.05) is 6.92 Å². The highest BCUT2D eigenvalue weighted by atomic mass is 35.5. The molecule has 0 spiro atoms. The Hall–Kier alpha value is -1.79. The second kappa shape index (κ2) is 7.28. The van der Waals surface area contributed by atoms with Gasteiger partial charge in [0.2, 0.25) is 5.91 Å². The average molecular weight is 326 g/mol. The molecule has 2 aromatic rings. The van der Waals surface area contributed by atoms with Crippen molar-refractivity contribution in [2.75, 3.05) is 17.7 Å². The molecular weight excluding hydrogens is 310 g/mol. The Morgan fingerprint density at radius 2 is 2.33 bits per heavy atom. The molecule has 0 aliphatic carbocycles. The number of hydrogen-bond donors (Lipinski definition) is 2. The van der Waals surface area contributed by atoms with Crippen molar-refractivity contribution in [1.29, 1.82) is 0 Å². The molecule has 0 unspecified atom stereocenters. The number of carbonyl (C=O) groups is 1. The number of anilines is 2. The molecule has 0 saturated heterocycles. The SMILES string of the molecule is CCCOc1ccc(NC(=O)Cc2csc(N)n2)cc1Cl. The van der Waals surface area contributed by atoms with Gasteiger partial charge < -0.3 is 15.8 Å². The fraction of sp³-hybridized carbons (Fsp3) is 0.286. The molecular formula is C14H16ClN3O2S. The number of ether oxygens (including phenoxy) is 1. The van der Waals surface area contributed by atoms with E-state index in [0.29, 0.717) is 33.9 Å². The Kier molecular flexibility index (Phi) is 5.41. The molecule has 0 aliphatic rings. The molecule has 1 heterocycles. The second-order valence-corrected chi connectivity index (χ2v) is 5.69. The molecule has 1 aromatic carbocycles. The van der Waals surface area contributed by atoms with Gasteiger partial charge >= 0.3 is 0 Å². The summed E-state index contributed by atoms with van der Waals surface area (Å²) >= 11 is 7.42. The molecule has 0 aliphatic heterocycles. The summed E-state index contributed by atoms with van der Waals surface area (Å²) in [6, 6.07) is 5.17. The molecule has 21 heavy (non-hydrogen) atoms. The number of nitrogens with zero attached hydrogens (tertiary/aromatic N) is 1. The smallest absolute Gasteiger partial charge is 0.230 e. The predicted molar refractivity (Wildman–Crippen MR) is 86.1 cm³/mol. The molecule has 1 aromatic heterocycles. The molecule has 3 N–H and O–H groups in total. The lowest BCUT2D eigenvalue weighted by Crippen LogP contribution is -2.14. The summed E-state index contributed by atoms with van der Waals surface area (Å²) in [7, 11) is 0. The number of carbonyl (C=O) groups excluding carboxylic acids is 1. The van der Waals surface area contributed by atoms with Crippen LogP contribution in [0, 0.1) is 0 Å². The summed E-state index contributed by atoms with van der Waals surface area (Å²) in [4.78, 5) is 15.9. The first-order valence-corrected chi connectivity index (χ1v) is 7.76. The zero-order valence-electron chi connectivity index (χ0n) is 11.6. The van der Waals surface area contributed by atoms with Crippen molar-refractivity contribution in [3.63, 3.8) is 0 Å². The molecule has 0 atom stereocenters. The van der Waals surface area contributed by atoms with Gasteiger partial charge in [-0.05, 0) is 24.6 Å². The van der Waals surface area contributed by atoms with Gasteiger partial charge in [0.05, 0.1) is 23.7 Å². The zero-order valence-corrected chi connectivity index (χ0v) is 13.1. The van der Waals surface area contributed by atoms with Gasteiger partial charge in [-0.15, -0.1) is 11.3 Å². The van der Waals surface area contributed by atoms with Crippen LogP contribution in [0.5, 0.6) is 5.75 Å². The number of nitrogen functional groups attached to an aromatic ring is 1. The highest BCUT2D eigenvalue weighted by Gasteiger charge is 2.09. The normalized spacial score (nSPS) is 10.4. The minimum absolute atomic E-state index is 0.168. The van der Waals surface area contributed by atoms with E-state index in [-0.39, 0.29) is 12.3 Å². The van der Waals surface area contributed by atoms with Crippen LogP contribution in [0.4, 0.5) is 10.8 Å². The van der Waals surface area contributed by atoms with Crippen LogP contribution in [0.15, 0.2) is 23.6 Å². The average Bonchev–Trinajstić information content (AvgIpc) is 2.83. The first-order valence-electron chi connectivity index (χ1n) is 6.50. The fourth-order valence-corrected chi connectivity index (χ4v) is 2.48. The van der Waals surface area contributed by atoms with Crippen LogP contribution in [0.2, 0.25) is 5.02 Å². The maximum absolute atomic E-state index is 11.9. The topological polar surface area (TPSA) is 77.2 Å². The molecule has 0 fully saturated rings. The minimum Gasteiger partial charge on any atom is -0.492 e. The van der Waals surface area contributed by atoms with Crippen LogP contribution in [0.25, 0.3) is 0 Å². The van der Waals surface area contributed by atoms with Gasteiger partial charge in [-0.25, -0.2) is 4.98 Å². The highest BCUT2D eigenvalue weighted by molar-refractivity contribution is 7.13. The number of hydrogen-bond acceptors (Lipinski definition) is 5. The molecule has 0 saturated carbocycles. The van der Waals surface area contributed by atoms with Crippen molar-refractivity contribution in [3.05, 3.63) is 34.3 Å². The Labute approximate surface area is 132 Å². The summed E-state index contributed by atoms with van der Waals surface area (Å²) in [5.74, 6) is 0.447. The Morgan fingerprint density at radius 1 is 1.52 bits per heavy atom. The number of nitrogens with two attached hydrogens (primary N) is 1. The second-order valence-electron chi connectivity index (χ2n) is 4.40. The molecule has 5 nitrogen and oxygen atoms in total. The van der Waals surface area contributed by atoms with Crippen LogP contribution in [0.1, 0.15) is 19.0 Å². The van der Waals surface area contributed by atoms with Crippen molar-refractivity contribution in [2.24, 2.45) is 0 Å². The minimum atomic E-state index is -0.168. The molecule has 112 valence electrons. The Balaban J connectivity index is 1.96. The predicted octanol–water partition coefficient (Wildman–Crippen LogP) is 3.35. The monoisotopic (exact) mass is 325 g/mol. The Morgan fingerprint density at radius 3 is 2.95 bits per heavy atom. The zero-order chi connectivity index (χ0) is 15.2. The van der Waals surface area contributed by atoms with E-state index in [1.165, 1.54) is 11.3 Å². The Bertz CT molecular complexity index is 630. The third-order valence-corrected chi connectivity index (χ3v) is 3.61. The molecule has 7 heteroatoms. The number of nitrogens with one attached hydrogen (secondary N) is 1. The largest absolute Gasteiger partial charge is 0.492 e. The molecule has 2 rings (SSSR count). The van der Waals surface area contributed by atoms with E-state index in [0.717, 1.165) is 6.42 Å². The number of halogens is 1. The summed E-state index contributed by atoms with van der Waals surface area (Å²) in [5, 5.41) is 5.46. The van der Waals surface area contributed by atoms with Crippen LogP contribution in [-0.2, 0) is 11.2 Å². The summed E-state index contributed by atoms with van der Waals surface area (Å²) in [6.45, 7) is 2.63. The maximum Gasteiger partial charge on any atom is 0.230 e. The first-order chi connectivity index (χ1) is 10.1. The summed E-state index contributed by atoms with van der Waals surface area (Å²) < 4.78 is 5.48. The van der Waals surface area contributed by atoms with Gasteiger partial charge in [-0.2, -0.15) is 0 Å². The molecule has 0 radical (unpaired) electrons. The first kappa shape index (κ1) is 15.6. The van der Waals surface area contributed by atoms with Gasteiger partial charge in [-0.3, -0.25) is 4.79 Å². The lowest BCUT2D eigenvalue weighted by molar-refractivity contribution is -0.115. The standard InChI is InChI=1S/C14H16ClN3O2S/c1-2-5-20-12-4-3-9(6-11(12)15)17-13(19)7-10-8-21-14(16)18-10/h3-4,6,8H,2,5,7H2,1H3,(H2,16,18)(H,17,19). The van der Waals surface area contributed by atoms with Crippen molar-refractivity contribution in [2.45, 2.75) is 19.8 Å². The quantitative estimate of drug-likeness (QED) is 0.853. The van der Waals surface area contributed by atoms with E-state index < -0.39 is 0 Å². The van der Waals surface area contributed by atoms with E-state index in [2.05, 4.69) is 10.3 Å². The van der Waals surface area contributed by atoms with E-state index in [1.54, 1.807) is 23.6 Å². The van der Waals surface area contributed by atoms with E-state index in [9.17, 15) is 4.79 Å². The maximum atomic E-state index is 11.9.